The van der Waals surface area contributed by atoms with E-state index in [4.69, 9.17) is 5.73 Å². The van der Waals surface area contributed by atoms with Crippen LogP contribution in [0.5, 0.6) is 0 Å². The highest BCUT2D eigenvalue weighted by molar-refractivity contribution is 7.07. The molecule has 0 radical (unpaired) electrons. The van der Waals surface area contributed by atoms with Crippen molar-refractivity contribution in [1.29, 1.82) is 0 Å². The zero-order valence-corrected chi connectivity index (χ0v) is 9.57. The summed E-state index contributed by atoms with van der Waals surface area (Å²) in [6.07, 6.45) is -16.3. The molecule has 1 unspecified atom stereocenters. The fourth-order valence-corrected chi connectivity index (χ4v) is 1.93. The van der Waals surface area contributed by atoms with Crippen LogP contribution in [0.15, 0.2) is 16.8 Å². The summed E-state index contributed by atoms with van der Waals surface area (Å²) in [4.78, 5) is 0. The lowest BCUT2D eigenvalue weighted by molar-refractivity contribution is -0.331. The first-order valence-electron chi connectivity index (χ1n) is 4.67. The molecule has 1 rings (SSSR count). The molecular weight excluding hydrogens is 284 g/mol. The molecule has 0 aliphatic heterocycles. The van der Waals surface area contributed by atoms with Crippen LogP contribution in [0.25, 0.3) is 0 Å². The third-order valence-electron chi connectivity index (χ3n) is 2.02. The lowest BCUT2D eigenvalue weighted by atomic mass is 10.2. The van der Waals surface area contributed by atoms with E-state index in [9.17, 15) is 26.3 Å². The Morgan fingerprint density at radius 2 is 1.72 bits per heavy atom. The van der Waals surface area contributed by atoms with Crippen molar-refractivity contribution in [3.63, 3.8) is 0 Å². The van der Waals surface area contributed by atoms with E-state index in [1.165, 1.54) is 16.8 Å². The number of nitrogens with two attached hydrogens (primary N) is 1. The first kappa shape index (κ1) is 15.3. The van der Waals surface area contributed by atoms with Crippen molar-refractivity contribution in [3.05, 3.63) is 22.4 Å². The molecule has 9 heteroatoms. The lowest BCUT2D eigenvalue weighted by Crippen LogP contribution is -2.45. The number of alkyl halides is 6. The van der Waals surface area contributed by atoms with Gasteiger partial charge in [0.05, 0.1) is 6.10 Å². The molecule has 18 heavy (non-hydrogen) atoms. The molecule has 0 saturated heterocycles. The van der Waals surface area contributed by atoms with Crippen molar-refractivity contribution < 1.29 is 31.1 Å². The maximum atomic E-state index is 12.3. The van der Waals surface area contributed by atoms with Gasteiger partial charge in [0.25, 0.3) is 0 Å². The first-order valence-corrected chi connectivity index (χ1v) is 5.61. The Kier molecular flexibility index (Phi) is 4.62. The molecule has 2 nitrogen and oxygen atoms in total. The summed E-state index contributed by atoms with van der Waals surface area (Å²) in [6.45, 7) is -0.473. The van der Waals surface area contributed by atoms with Gasteiger partial charge < -0.3 is 10.5 Å². The van der Waals surface area contributed by atoms with Gasteiger partial charge in [-0.1, -0.05) is 0 Å². The minimum Gasteiger partial charge on any atom is -0.351 e. The van der Waals surface area contributed by atoms with Gasteiger partial charge in [-0.3, -0.25) is 0 Å². The minimum atomic E-state index is -5.53. The number of halogens is 6. The molecule has 0 aliphatic carbocycles. The van der Waals surface area contributed by atoms with E-state index < -0.39 is 31.1 Å². The van der Waals surface area contributed by atoms with Crippen molar-refractivity contribution in [2.24, 2.45) is 5.73 Å². The highest BCUT2D eigenvalue weighted by Gasteiger charge is 2.58. The van der Waals surface area contributed by atoms with Crippen molar-refractivity contribution in [2.45, 2.75) is 24.6 Å². The summed E-state index contributed by atoms with van der Waals surface area (Å²) in [6, 6.07) is 1.37. The van der Waals surface area contributed by atoms with E-state index in [0.717, 1.165) is 11.3 Å². The SMILES string of the molecule is NCC(OC(C(F)(F)F)C(F)(F)F)c1ccsc1. The maximum Gasteiger partial charge on any atom is 0.423 e. The summed E-state index contributed by atoms with van der Waals surface area (Å²) < 4.78 is 77.7. The van der Waals surface area contributed by atoms with Crippen molar-refractivity contribution >= 4 is 11.3 Å². The summed E-state index contributed by atoms with van der Waals surface area (Å²) in [5, 5.41) is 2.90. The van der Waals surface area contributed by atoms with Crippen molar-refractivity contribution in [1.82, 2.24) is 0 Å². The third kappa shape index (κ3) is 3.85. The highest BCUT2D eigenvalue weighted by atomic mass is 32.1. The number of ether oxygens (including phenoxy) is 1. The van der Waals surface area contributed by atoms with Gasteiger partial charge in [0.2, 0.25) is 6.10 Å². The number of hydrogen-bond donors (Lipinski definition) is 1. The molecule has 0 aliphatic rings. The average Bonchev–Trinajstić information content (AvgIpc) is 2.68. The third-order valence-corrected chi connectivity index (χ3v) is 2.73. The van der Waals surface area contributed by atoms with Crippen LogP contribution in [0.3, 0.4) is 0 Å². The molecule has 1 aromatic heterocycles. The van der Waals surface area contributed by atoms with Crippen LogP contribution in [-0.4, -0.2) is 25.0 Å². The van der Waals surface area contributed by atoms with Crippen LogP contribution in [0.1, 0.15) is 11.7 Å². The quantitative estimate of drug-likeness (QED) is 0.865. The van der Waals surface area contributed by atoms with E-state index in [0.29, 0.717) is 0 Å². The largest absolute Gasteiger partial charge is 0.423 e. The standard InChI is InChI=1S/C9H9F6NOS/c10-8(11,12)7(9(13,14)15)17-6(3-16)5-1-2-18-4-5/h1-2,4,6-7H,3,16H2. The molecule has 2 N–H and O–H groups in total. The Labute approximate surface area is 102 Å². The van der Waals surface area contributed by atoms with Gasteiger partial charge in [-0.15, -0.1) is 0 Å². The average molecular weight is 293 g/mol. The summed E-state index contributed by atoms with van der Waals surface area (Å²) >= 11 is 1.13. The molecule has 0 aromatic carbocycles. The van der Waals surface area contributed by atoms with Crippen LogP contribution in [-0.2, 0) is 4.74 Å². The van der Waals surface area contributed by atoms with Gasteiger partial charge >= 0.3 is 12.4 Å². The van der Waals surface area contributed by atoms with Crippen LogP contribution >= 0.6 is 11.3 Å². The Bertz CT molecular complexity index is 346. The Balaban J connectivity index is 2.89. The second kappa shape index (κ2) is 5.45. The second-order valence-corrected chi connectivity index (χ2v) is 4.16. The minimum absolute atomic E-state index is 0.195. The molecule has 1 atom stereocenters. The summed E-state index contributed by atoms with van der Waals surface area (Å²) in [5.74, 6) is 0. The fourth-order valence-electron chi connectivity index (χ4n) is 1.23. The van der Waals surface area contributed by atoms with E-state index >= 15 is 0 Å². The van der Waals surface area contributed by atoms with Crippen molar-refractivity contribution in [2.75, 3.05) is 6.54 Å². The Morgan fingerprint density at radius 1 is 1.17 bits per heavy atom. The lowest BCUT2D eigenvalue weighted by Gasteiger charge is -2.27. The van der Waals surface area contributed by atoms with Gasteiger partial charge in [0, 0.05) is 6.54 Å². The van der Waals surface area contributed by atoms with Crippen LogP contribution < -0.4 is 5.73 Å². The monoisotopic (exact) mass is 293 g/mol. The van der Waals surface area contributed by atoms with Crippen LogP contribution in [0, 0.1) is 0 Å². The van der Waals surface area contributed by atoms with E-state index in [2.05, 4.69) is 4.74 Å². The molecular formula is C9H9F6NOS. The predicted octanol–water partition coefficient (Wildman–Crippen LogP) is 3.26. The van der Waals surface area contributed by atoms with Gasteiger partial charge in [0.15, 0.2) is 0 Å². The van der Waals surface area contributed by atoms with Gasteiger partial charge in [-0.05, 0) is 22.4 Å². The normalized spacial score (nSPS) is 15.1. The summed E-state index contributed by atoms with van der Waals surface area (Å²) in [5.41, 5.74) is 5.34. The molecule has 0 amide bonds. The molecule has 0 saturated carbocycles. The smallest absolute Gasteiger partial charge is 0.351 e. The zero-order chi connectivity index (χ0) is 14.0. The molecule has 0 fully saturated rings. The number of thiophene rings is 1. The Hall–Kier alpha value is -0.800. The highest BCUT2D eigenvalue weighted by Crippen LogP contribution is 2.38. The maximum absolute atomic E-state index is 12.3. The van der Waals surface area contributed by atoms with E-state index in [1.807, 2.05) is 0 Å². The van der Waals surface area contributed by atoms with Gasteiger partial charge in [-0.2, -0.15) is 37.7 Å². The molecule has 104 valence electrons. The predicted molar refractivity (Wildman–Crippen MR) is 53.1 cm³/mol. The van der Waals surface area contributed by atoms with E-state index in [1.54, 1.807) is 0 Å². The van der Waals surface area contributed by atoms with E-state index in [-0.39, 0.29) is 5.56 Å². The molecule has 1 aromatic rings. The van der Waals surface area contributed by atoms with Crippen LogP contribution in [0.4, 0.5) is 26.3 Å². The van der Waals surface area contributed by atoms with Gasteiger partial charge in [-0.25, -0.2) is 0 Å². The molecule has 0 spiro atoms. The van der Waals surface area contributed by atoms with Crippen molar-refractivity contribution in [3.8, 4) is 0 Å². The molecule has 0 bridgehead atoms. The summed E-state index contributed by atoms with van der Waals surface area (Å²) in [7, 11) is 0. The van der Waals surface area contributed by atoms with Crippen LogP contribution in [0.2, 0.25) is 0 Å². The number of rotatable bonds is 4. The van der Waals surface area contributed by atoms with Gasteiger partial charge in [0.1, 0.15) is 0 Å². The fraction of sp³-hybridized carbons (Fsp3) is 0.556. The first-order chi connectivity index (χ1) is 8.16. The number of hydrogen-bond acceptors (Lipinski definition) is 3. The topological polar surface area (TPSA) is 35.2 Å². The Morgan fingerprint density at radius 3 is 2.06 bits per heavy atom. The molecule has 1 heterocycles. The second-order valence-electron chi connectivity index (χ2n) is 3.38. The zero-order valence-electron chi connectivity index (χ0n) is 8.76.